The normalized spacial score (nSPS) is 22.8. The van der Waals surface area contributed by atoms with Crippen molar-refractivity contribution in [3.8, 4) is 12.3 Å². The van der Waals surface area contributed by atoms with E-state index in [1.54, 1.807) is 5.01 Å². The number of nitrogens with zero attached hydrogens (tertiary/aromatic N) is 2. The third-order valence-corrected chi connectivity index (χ3v) is 10.7. The molecule has 0 saturated heterocycles. The lowest BCUT2D eigenvalue weighted by Gasteiger charge is -2.37. The Bertz CT molecular complexity index is 1000. The fourth-order valence-electron chi connectivity index (χ4n) is 6.94. The van der Waals surface area contributed by atoms with E-state index in [9.17, 15) is 23.1 Å². The number of hydrazine groups is 1. The number of aliphatic hydroxyl groups excluding tert-OH is 1. The van der Waals surface area contributed by atoms with Crippen molar-refractivity contribution in [2.24, 2.45) is 29.6 Å². The Morgan fingerprint density at radius 3 is 2.16 bits per heavy atom. The Morgan fingerprint density at radius 2 is 1.59 bits per heavy atom. The summed E-state index contributed by atoms with van der Waals surface area (Å²) < 4.78 is 25.6. The van der Waals surface area contributed by atoms with Crippen LogP contribution in [0.1, 0.15) is 118 Å². The van der Waals surface area contributed by atoms with Gasteiger partial charge in [-0.1, -0.05) is 73.1 Å². The number of amides is 2. The lowest BCUT2D eigenvalue weighted by atomic mass is 9.74. The molecule has 254 valence electrons. The van der Waals surface area contributed by atoms with Crippen LogP contribution in [-0.4, -0.2) is 79.3 Å². The molecule has 2 aliphatic carbocycles. The van der Waals surface area contributed by atoms with Gasteiger partial charge in [-0.15, -0.1) is 17.2 Å². The standard InChI is InChI=1S/C34H62N4O5S/c1-7-11-19-38(36-44(42,43)25-26(5)6)24-32(39)31(22-28-15-13-12-14-16-28)35-33(40)29-20-27(10-4)21-30(23-29)34(41)37(17-8-2)18-9-3/h4,26-32,36,39H,7-9,11-25H2,1-3,5-6H3,(H,35,40). The first kappa shape index (κ1) is 38.5. The fraction of sp³-hybridized carbons (Fsp3) is 0.882. The number of aliphatic hydroxyl groups is 1. The topological polar surface area (TPSA) is 119 Å². The molecular formula is C34H62N4O5S. The number of hydrogen-bond acceptors (Lipinski definition) is 6. The molecule has 0 heterocycles. The predicted octanol–water partition coefficient (Wildman–Crippen LogP) is 4.71. The second-order valence-corrected chi connectivity index (χ2v) is 15.5. The molecule has 0 aromatic carbocycles. The minimum absolute atomic E-state index is 0.000187. The first-order valence-corrected chi connectivity index (χ1v) is 19.1. The van der Waals surface area contributed by atoms with Crippen molar-refractivity contribution in [3.05, 3.63) is 0 Å². The number of hydrogen-bond donors (Lipinski definition) is 3. The molecule has 0 bridgehead atoms. The number of rotatable bonds is 19. The molecule has 0 aromatic heterocycles. The molecule has 2 amide bonds. The van der Waals surface area contributed by atoms with Gasteiger partial charge >= 0.3 is 0 Å². The lowest BCUT2D eigenvalue weighted by Crippen LogP contribution is -2.54. The van der Waals surface area contributed by atoms with E-state index in [4.69, 9.17) is 6.42 Å². The monoisotopic (exact) mass is 638 g/mol. The van der Waals surface area contributed by atoms with Crippen LogP contribution in [0.2, 0.25) is 0 Å². The van der Waals surface area contributed by atoms with E-state index in [0.29, 0.717) is 51.2 Å². The van der Waals surface area contributed by atoms with Gasteiger partial charge in [0.2, 0.25) is 21.8 Å². The second-order valence-electron chi connectivity index (χ2n) is 13.8. The van der Waals surface area contributed by atoms with E-state index in [1.165, 1.54) is 6.42 Å². The van der Waals surface area contributed by atoms with E-state index in [1.807, 2.05) is 25.7 Å². The van der Waals surface area contributed by atoms with E-state index < -0.39 is 28.1 Å². The van der Waals surface area contributed by atoms with Gasteiger partial charge in [-0.3, -0.25) is 9.59 Å². The molecule has 5 atom stereocenters. The van der Waals surface area contributed by atoms with Crippen LogP contribution >= 0.6 is 0 Å². The Hall–Kier alpha value is -1.67. The minimum Gasteiger partial charge on any atom is -0.390 e. The number of unbranched alkanes of at least 4 members (excludes halogenated alkanes) is 1. The van der Waals surface area contributed by atoms with Crippen LogP contribution in [0, 0.1) is 41.9 Å². The van der Waals surface area contributed by atoms with E-state index in [2.05, 4.69) is 29.9 Å². The van der Waals surface area contributed by atoms with Crippen LogP contribution < -0.4 is 10.1 Å². The van der Waals surface area contributed by atoms with Crippen molar-refractivity contribution in [2.75, 3.05) is 31.9 Å². The number of carbonyl (C=O) groups excluding carboxylic acids is 2. The van der Waals surface area contributed by atoms with Gasteiger partial charge < -0.3 is 15.3 Å². The first-order chi connectivity index (χ1) is 20.9. The summed E-state index contributed by atoms with van der Waals surface area (Å²) in [7, 11) is -3.57. The average Bonchev–Trinajstić information content (AvgIpc) is 2.98. The molecule has 0 aromatic rings. The maximum Gasteiger partial charge on any atom is 0.225 e. The third kappa shape index (κ3) is 13.4. The highest BCUT2D eigenvalue weighted by Crippen LogP contribution is 2.35. The summed E-state index contributed by atoms with van der Waals surface area (Å²) in [5.74, 6) is 2.25. The number of nitrogens with one attached hydrogen (secondary N) is 2. The van der Waals surface area contributed by atoms with E-state index in [0.717, 1.165) is 51.4 Å². The molecule has 5 unspecified atom stereocenters. The molecule has 2 rings (SSSR count). The van der Waals surface area contributed by atoms with Crippen molar-refractivity contribution < 1.29 is 23.1 Å². The quantitative estimate of drug-likeness (QED) is 0.139. The van der Waals surface area contributed by atoms with Crippen LogP contribution in [-0.2, 0) is 19.6 Å². The Kier molecular flexibility index (Phi) is 17.3. The second kappa shape index (κ2) is 19.8. The molecule has 3 N–H and O–H groups in total. The third-order valence-electron chi connectivity index (χ3n) is 9.08. The summed E-state index contributed by atoms with van der Waals surface area (Å²) in [6.07, 6.45) is 16.1. The minimum atomic E-state index is -3.57. The molecule has 2 aliphatic rings. The molecule has 44 heavy (non-hydrogen) atoms. The van der Waals surface area contributed by atoms with E-state index >= 15 is 0 Å². The fourth-order valence-corrected chi connectivity index (χ4v) is 8.46. The largest absolute Gasteiger partial charge is 0.390 e. The molecule has 0 radical (unpaired) electrons. The molecule has 2 fully saturated rings. The van der Waals surface area contributed by atoms with Crippen LogP contribution in [0.15, 0.2) is 0 Å². The van der Waals surface area contributed by atoms with Crippen molar-refractivity contribution in [3.63, 3.8) is 0 Å². The smallest absolute Gasteiger partial charge is 0.225 e. The lowest BCUT2D eigenvalue weighted by molar-refractivity contribution is -0.139. The number of carbonyl (C=O) groups is 2. The first-order valence-electron chi connectivity index (χ1n) is 17.4. The highest BCUT2D eigenvalue weighted by Gasteiger charge is 2.38. The summed E-state index contributed by atoms with van der Waals surface area (Å²) in [4.78, 5) is 32.0. The average molecular weight is 639 g/mol. The molecule has 9 nitrogen and oxygen atoms in total. The van der Waals surface area contributed by atoms with Crippen molar-refractivity contribution in [2.45, 2.75) is 130 Å². The van der Waals surface area contributed by atoms with Crippen molar-refractivity contribution >= 4 is 21.8 Å². The number of terminal acetylenes is 1. The Morgan fingerprint density at radius 1 is 0.955 bits per heavy atom. The Labute approximate surface area is 268 Å². The van der Waals surface area contributed by atoms with Gasteiger partial charge in [0.25, 0.3) is 0 Å². The van der Waals surface area contributed by atoms with Gasteiger partial charge in [-0.05, 0) is 56.8 Å². The van der Waals surface area contributed by atoms with E-state index in [-0.39, 0.29) is 41.9 Å². The highest BCUT2D eigenvalue weighted by atomic mass is 32.2. The van der Waals surface area contributed by atoms with Crippen molar-refractivity contribution in [1.29, 1.82) is 0 Å². The zero-order valence-electron chi connectivity index (χ0n) is 28.2. The summed E-state index contributed by atoms with van der Waals surface area (Å²) >= 11 is 0. The highest BCUT2D eigenvalue weighted by molar-refractivity contribution is 7.89. The van der Waals surface area contributed by atoms with Crippen LogP contribution in [0.4, 0.5) is 0 Å². The van der Waals surface area contributed by atoms with Crippen molar-refractivity contribution in [1.82, 2.24) is 20.1 Å². The molecular weight excluding hydrogens is 576 g/mol. The molecule has 0 spiro atoms. The Balaban J connectivity index is 2.23. The summed E-state index contributed by atoms with van der Waals surface area (Å²) in [6, 6.07) is -0.527. The number of sulfonamides is 1. The maximum atomic E-state index is 13.9. The van der Waals surface area contributed by atoms with Gasteiger partial charge in [0.1, 0.15) is 0 Å². The zero-order valence-corrected chi connectivity index (χ0v) is 29.0. The van der Waals surface area contributed by atoms with Crippen LogP contribution in [0.3, 0.4) is 0 Å². The summed E-state index contributed by atoms with van der Waals surface area (Å²) in [6.45, 7) is 11.8. The molecule has 0 aliphatic heterocycles. The molecule has 2 saturated carbocycles. The summed E-state index contributed by atoms with van der Waals surface area (Å²) in [5, 5.41) is 16.4. The van der Waals surface area contributed by atoms with Gasteiger partial charge in [-0.25, -0.2) is 13.4 Å². The predicted molar refractivity (Wildman–Crippen MR) is 178 cm³/mol. The van der Waals surface area contributed by atoms with Gasteiger partial charge in [0.05, 0.1) is 17.9 Å². The van der Waals surface area contributed by atoms with Gasteiger partial charge in [0, 0.05) is 43.9 Å². The van der Waals surface area contributed by atoms with Crippen LogP contribution in [0.25, 0.3) is 0 Å². The summed E-state index contributed by atoms with van der Waals surface area (Å²) in [5.41, 5.74) is 0. The van der Waals surface area contributed by atoms with Crippen LogP contribution in [0.5, 0.6) is 0 Å². The van der Waals surface area contributed by atoms with Gasteiger partial charge in [0.15, 0.2) is 0 Å². The maximum absolute atomic E-state index is 13.9. The SMILES string of the molecule is C#CC1CC(C(=O)NC(CC2CCCCC2)C(O)CN(CCCC)NS(=O)(=O)CC(C)C)CC(C(=O)N(CCC)CCC)C1. The zero-order chi connectivity index (χ0) is 32.7. The van der Waals surface area contributed by atoms with Gasteiger partial charge in [-0.2, -0.15) is 0 Å². The molecule has 10 heteroatoms.